The van der Waals surface area contributed by atoms with Crippen LogP contribution in [0.2, 0.25) is 0 Å². The molecule has 4 saturated carbocycles. The third-order valence-corrected chi connectivity index (χ3v) is 9.62. The van der Waals surface area contributed by atoms with Crippen LogP contribution in [0.1, 0.15) is 49.7 Å². The fourth-order valence-corrected chi connectivity index (χ4v) is 8.14. The van der Waals surface area contributed by atoms with Crippen LogP contribution in [0, 0.1) is 29.0 Å². The number of methoxy groups -OCH3 is 1. The number of ether oxygens (including phenoxy) is 2. The van der Waals surface area contributed by atoms with E-state index >= 15 is 0 Å². The molecule has 4 aliphatic carbocycles. The first-order valence-electron chi connectivity index (χ1n) is 13.0. The summed E-state index contributed by atoms with van der Waals surface area (Å²) in [6, 6.07) is 11.5. The van der Waals surface area contributed by atoms with Crippen LogP contribution in [-0.2, 0) is 16.2 Å². The highest BCUT2D eigenvalue weighted by atomic mass is 32.2. The van der Waals surface area contributed by atoms with Crippen LogP contribution in [0.4, 0.5) is 4.39 Å². The minimum Gasteiger partial charge on any atom is -0.493 e. The SMILES string of the molecule is COc1cc(/C=C2\SC(=S)N(NC(=O)C34CC5CC(CC(C5)C3)C4)C2=O)ccc1OCc1ccc(F)cc1. The van der Waals surface area contributed by atoms with E-state index in [0.717, 1.165) is 30.4 Å². The monoisotopic (exact) mass is 552 g/mol. The number of halogens is 1. The molecule has 0 radical (unpaired) electrons. The van der Waals surface area contributed by atoms with E-state index in [4.69, 9.17) is 21.7 Å². The van der Waals surface area contributed by atoms with Gasteiger partial charge in [-0.15, -0.1) is 0 Å². The minimum absolute atomic E-state index is 0.0570. The van der Waals surface area contributed by atoms with Crippen molar-refractivity contribution in [3.63, 3.8) is 0 Å². The summed E-state index contributed by atoms with van der Waals surface area (Å²) < 4.78 is 24.8. The Kier molecular flexibility index (Phi) is 6.68. The third kappa shape index (κ3) is 4.82. The molecule has 198 valence electrons. The van der Waals surface area contributed by atoms with E-state index < -0.39 is 0 Å². The Morgan fingerprint density at radius 3 is 2.39 bits per heavy atom. The largest absolute Gasteiger partial charge is 0.493 e. The highest BCUT2D eigenvalue weighted by Gasteiger charge is 2.55. The molecule has 5 aliphatic rings. The molecule has 1 heterocycles. The van der Waals surface area contributed by atoms with Gasteiger partial charge < -0.3 is 9.47 Å². The molecule has 0 atom stereocenters. The van der Waals surface area contributed by atoms with E-state index in [0.29, 0.717) is 38.5 Å². The molecular formula is C29H29FN2O4S2. The van der Waals surface area contributed by atoms with E-state index in [1.54, 1.807) is 37.5 Å². The predicted molar refractivity (Wildman–Crippen MR) is 147 cm³/mol. The molecule has 4 bridgehead atoms. The molecule has 0 unspecified atom stereocenters. The molecule has 2 aromatic rings. The normalized spacial score (nSPS) is 28.7. The number of amides is 2. The van der Waals surface area contributed by atoms with E-state index in [9.17, 15) is 14.0 Å². The maximum atomic E-state index is 13.5. The van der Waals surface area contributed by atoms with Crippen molar-refractivity contribution >= 4 is 46.2 Å². The van der Waals surface area contributed by atoms with Gasteiger partial charge in [-0.2, -0.15) is 5.01 Å². The number of carbonyl (C=O) groups excluding carboxylic acids is 2. The molecule has 1 saturated heterocycles. The first-order chi connectivity index (χ1) is 18.3. The van der Waals surface area contributed by atoms with Gasteiger partial charge in [-0.25, -0.2) is 4.39 Å². The minimum atomic E-state index is -0.362. The molecule has 38 heavy (non-hydrogen) atoms. The quantitative estimate of drug-likeness (QED) is 0.343. The molecule has 1 aliphatic heterocycles. The Labute approximate surface area is 230 Å². The van der Waals surface area contributed by atoms with E-state index in [2.05, 4.69) is 5.43 Å². The summed E-state index contributed by atoms with van der Waals surface area (Å²) in [5.74, 6) is 2.26. The molecule has 6 nitrogen and oxygen atoms in total. The van der Waals surface area contributed by atoms with Gasteiger partial charge in [-0.1, -0.05) is 30.0 Å². The Balaban J connectivity index is 1.14. The average Bonchev–Trinajstić information content (AvgIpc) is 3.15. The molecule has 7 rings (SSSR count). The highest BCUT2D eigenvalue weighted by molar-refractivity contribution is 8.26. The van der Waals surface area contributed by atoms with Crippen LogP contribution in [0.5, 0.6) is 11.5 Å². The Hall–Kier alpha value is -2.91. The van der Waals surface area contributed by atoms with E-state index in [1.807, 2.05) is 6.07 Å². The van der Waals surface area contributed by atoms with Crippen molar-refractivity contribution in [3.05, 3.63) is 64.3 Å². The second kappa shape index (κ2) is 10.0. The lowest BCUT2D eigenvalue weighted by Crippen LogP contribution is -2.57. The van der Waals surface area contributed by atoms with Gasteiger partial charge >= 0.3 is 0 Å². The van der Waals surface area contributed by atoms with Crippen LogP contribution < -0.4 is 14.9 Å². The number of nitrogens with zero attached hydrogens (tertiary/aromatic N) is 1. The lowest BCUT2D eigenvalue weighted by molar-refractivity contribution is -0.152. The number of thioether (sulfide) groups is 1. The number of benzene rings is 2. The van der Waals surface area contributed by atoms with Gasteiger partial charge in [-0.3, -0.25) is 15.0 Å². The molecule has 2 aromatic carbocycles. The molecule has 0 aromatic heterocycles. The second-order valence-corrected chi connectivity index (χ2v) is 12.7. The highest BCUT2D eigenvalue weighted by Crippen LogP contribution is 2.60. The fraction of sp³-hybridized carbons (Fsp3) is 0.414. The van der Waals surface area contributed by atoms with Crippen LogP contribution >= 0.6 is 24.0 Å². The smallest absolute Gasteiger partial charge is 0.285 e. The number of hydrazine groups is 1. The maximum absolute atomic E-state index is 13.5. The van der Waals surface area contributed by atoms with Crippen LogP contribution in [0.3, 0.4) is 0 Å². The Morgan fingerprint density at radius 2 is 1.76 bits per heavy atom. The zero-order valence-corrected chi connectivity index (χ0v) is 22.7. The van der Waals surface area contributed by atoms with Crippen molar-refractivity contribution in [3.8, 4) is 11.5 Å². The average molecular weight is 553 g/mol. The van der Waals surface area contributed by atoms with E-state index in [-0.39, 0.29) is 29.7 Å². The molecule has 9 heteroatoms. The van der Waals surface area contributed by atoms with Crippen molar-refractivity contribution in [2.45, 2.75) is 45.1 Å². The zero-order chi connectivity index (χ0) is 26.4. The third-order valence-electron chi connectivity index (χ3n) is 8.32. The first kappa shape index (κ1) is 25.4. The number of carbonyl (C=O) groups is 2. The standard InChI is InChI=1S/C29H29FN2O4S2/c1-35-24-11-18(4-7-23(24)36-16-17-2-5-22(30)6-3-17)12-25-26(33)32(28(37)38-25)31-27(34)29-13-19-8-20(14-29)10-21(9-19)15-29/h2-7,11-12,19-21H,8-10,13-16H2,1H3,(H,31,34)/b25-12-. The summed E-state index contributed by atoms with van der Waals surface area (Å²) in [5.41, 5.74) is 4.10. The van der Waals surface area contributed by atoms with E-state index in [1.165, 1.54) is 48.2 Å². The van der Waals surface area contributed by atoms with Gasteiger partial charge in [-0.05, 0) is 110 Å². The number of nitrogens with one attached hydrogen (secondary N) is 1. The molecular weight excluding hydrogens is 523 g/mol. The van der Waals surface area contributed by atoms with Crippen LogP contribution in [0.15, 0.2) is 47.4 Å². The molecule has 5 fully saturated rings. The van der Waals surface area contributed by atoms with Crippen molar-refractivity contribution in [2.24, 2.45) is 23.2 Å². The van der Waals surface area contributed by atoms with Crippen molar-refractivity contribution < 1.29 is 23.5 Å². The number of thiocarbonyl (C=S) groups is 1. The Bertz CT molecular complexity index is 1290. The van der Waals surface area contributed by atoms with Gasteiger partial charge in [0.25, 0.3) is 5.91 Å². The number of hydrogen-bond acceptors (Lipinski definition) is 6. The Morgan fingerprint density at radius 1 is 1.11 bits per heavy atom. The molecule has 0 spiro atoms. The van der Waals surface area contributed by atoms with Gasteiger partial charge in [0.05, 0.1) is 17.4 Å². The summed E-state index contributed by atoms with van der Waals surface area (Å²) in [4.78, 5) is 27.1. The number of hydrogen-bond donors (Lipinski definition) is 1. The van der Waals surface area contributed by atoms with Crippen molar-refractivity contribution in [2.75, 3.05) is 7.11 Å². The van der Waals surface area contributed by atoms with Crippen LogP contribution in [-0.4, -0.2) is 28.3 Å². The first-order valence-corrected chi connectivity index (χ1v) is 14.2. The number of rotatable bonds is 7. The molecule has 2 amide bonds. The zero-order valence-electron chi connectivity index (χ0n) is 21.1. The summed E-state index contributed by atoms with van der Waals surface area (Å²) >= 11 is 6.65. The lowest BCUT2D eigenvalue weighted by Gasteiger charge is -2.55. The summed E-state index contributed by atoms with van der Waals surface area (Å²) in [6.07, 6.45) is 8.24. The fourth-order valence-electron chi connectivity index (χ4n) is 6.96. The topological polar surface area (TPSA) is 67.9 Å². The second-order valence-electron chi connectivity index (χ2n) is 11.0. The van der Waals surface area contributed by atoms with Gasteiger partial charge in [0, 0.05) is 0 Å². The van der Waals surface area contributed by atoms with Gasteiger partial charge in [0.2, 0.25) is 5.91 Å². The summed E-state index contributed by atoms with van der Waals surface area (Å²) in [6.45, 7) is 0.262. The van der Waals surface area contributed by atoms with Crippen molar-refractivity contribution in [1.82, 2.24) is 10.4 Å². The summed E-state index contributed by atoms with van der Waals surface area (Å²) in [5, 5.41) is 1.24. The molecule has 1 N–H and O–H groups in total. The summed E-state index contributed by atoms with van der Waals surface area (Å²) in [7, 11) is 1.54. The van der Waals surface area contributed by atoms with Gasteiger partial charge in [0.15, 0.2) is 15.8 Å². The van der Waals surface area contributed by atoms with Crippen LogP contribution in [0.25, 0.3) is 6.08 Å². The maximum Gasteiger partial charge on any atom is 0.285 e. The van der Waals surface area contributed by atoms with Gasteiger partial charge in [0.1, 0.15) is 12.4 Å². The predicted octanol–water partition coefficient (Wildman–Crippen LogP) is 5.86. The van der Waals surface area contributed by atoms with Crippen molar-refractivity contribution in [1.29, 1.82) is 0 Å². The lowest BCUT2D eigenvalue weighted by atomic mass is 9.49.